The number of aromatic nitrogens is 1. The minimum atomic E-state index is 0.413. The maximum atomic E-state index is 5.81. The molecule has 0 radical (unpaired) electrons. The summed E-state index contributed by atoms with van der Waals surface area (Å²) in [5.74, 6) is 0.821. The number of thiophene rings is 1. The molecule has 98 valence electrons. The fourth-order valence-electron chi connectivity index (χ4n) is 2.38. The topological polar surface area (TPSA) is 50.9 Å². The molecule has 2 aromatic rings. The molecule has 3 rings (SSSR count). The van der Waals surface area contributed by atoms with Crippen LogP contribution in [0.2, 0.25) is 0 Å². The first-order valence-electron chi connectivity index (χ1n) is 6.33. The summed E-state index contributed by atoms with van der Waals surface area (Å²) in [5.41, 5.74) is 9.16. The molecule has 0 fully saturated rings. The largest absolute Gasteiger partial charge is 0.389 e. The van der Waals surface area contributed by atoms with Gasteiger partial charge >= 0.3 is 0 Å². The van der Waals surface area contributed by atoms with Crippen LogP contribution >= 0.6 is 23.6 Å². The standard InChI is InChI=1S/C14H15N3S2/c15-13(18)11-7-9-3-1-5-12(9)17-14(11)16-8-10-4-2-6-19-10/h2,4,6-7H,1,3,5,8H2,(H2,15,18)(H,16,17). The molecule has 5 heteroatoms. The van der Waals surface area contributed by atoms with Gasteiger partial charge in [0.25, 0.3) is 0 Å². The van der Waals surface area contributed by atoms with Gasteiger partial charge in [-0.2, -0.15) is 0 Å². The van der Waals surface area contributed by atoms with E-state index in [0.29, 0.717) is 4.99 Å². The van der Waals surface area contributed by atoms with Gasteiger partial charge in [-0.1, -0.05) is 18.3 Å². The molecule has 1 aliphatic carbocycles. The molecule has 0 saturated heterocycles. The lowest BCUT2D eigenvalue weighted by Gasteiger charge is -2.12. The molecule has 0 amide bonds. The summed E-state index contributed by atoms with van der Waals surface area (Å²) in [6.07, 6.45) is 3.32. The van der Waals surface area contributed by atoms with Crippen LogP contribution in [0, 0.1) is 0 Å². The van der Waals surface area contributed by atoms with Crippen LogP contribution in [0.1, 0.15) is 28.1 Å². The van der Waals surface area contributed by atoms with E-state index >= 15 is 0 Å². The Morgan fingerprint density at radius 2 is 2.37 bits per heavy atom. The van der Waals surface area contributed by atoms with Crippen LogP contribution in [0.5, 0.6) is 0 Å². The summed E-state index contributed by atoms with van der Waals surface area (Å²) in [6, 6.07) is 6.26. The third-order valence-corrected chi connectivity index (χ3v) is 4.42. The van der Waals surface area contributed by atoms with Crippen molar-refractivity contribution in [2.45, 2.75) is 25.8 Å². The first-order chi connectivity index (χ1) is 9.24. The third kappa shape index (κ3) is 2.62. The molecule has 2 heterocycles. The number of nitrogens with zero attached hydrogens (tertiary/aromatic N) is 1. The number of rotatable bonds is 4. The normalized spacial score (nSPS) is 13.3. The van der Waals surface area contributed by atoms with E-state index in [1.54, 1.807) is 11.3 Å². The molecule has 0 unspecified atom stereocenters. The SMILES string of the molecule is NC(=S)c1cc2c(nc1NCc1cccs1)CCC2. The highest BCUT2D eigenvalue weighted by Gasteiger charge is 2.17. The molecular formula is C14H15N3S2. The Balaban J connectivity index is 1.88. The van der Waals surface area contributed by atoms with Gasteiger partial charge in [0.2, 0.25) is 0 Å². The number of hydrogen-bond acceptors (Lipinski definition) is 4. The number of nitrogens with one attached hydrogen (secondary N) is 1. The van der Waals surface area contributed by atoms with E-state index < -0.39 is 0 Å². The highest BCUT2D eigenvalue weighted by molar-refractivity contribution is 7.80. The molecule has 0 bridgehead atoms. The van der Waals surface area contributed by atoms with Crippen molar-refractivity contribution in [1.82, 2.24) is 4.98 Å². The maximum absolute atomic E-state index is 5.81. The van der Waals surface area contributed by atoms with E-state index in [1.807, 2.05) is 6.07 Å². The number of fused-ring (bicyclic) bond motifs is 1. The van der Waals surface area contributed by atoms with Crippen molar-refractivity contribution in [3.8, 4) is 0 Å². The van der Waals surface area contributed by atoms with E-state index in [1.165, 1.54) is 22.6 Å². The van der Waals surface area contributed by atoms with Crippen molar-refractivity contribution in [3.63, 3.8) is 0 Å². The number of pyridine rings is 1. The van der Waals surface area contributed by atoms with Gasteiger partial charge in [0.15, 0.2) is 0 Å². The lowest BCUT2D eigenvalue weighted by atomic mass is 10.1. The molecular weight excluding hydrogens is 274 g/mol. The maximum Gasteiger partial charge on any atom is 0.136 e. The number of thiocarbonyl (C=S) groups is 1. The lowest BCUT2D eigenvalue weighted by molar-refractivity contribution is 0.899. The molecule has 0 atom stereocenters. The van der Waals surface area contributed by atoms with Gasteiger partial charge in [0, 0.05) is 10.6 Å². The average Bonchev–Trinajstić information content (AvgIpc) is 3.05. The van der Waals surface area contributed by atoms with E-state index in [2.05, 4.69) is 22.8 Å². The van der Waals surface area contributed by atoms with Gasteiger partial charge < -0.3 is 11.1 Å². The van der Waals surface area contributed by atoms with Crippen LogP contribution in [0.3, 0.4) is 0 Å². The molecule has 0 aliphatic heterocycles. The predicted octanol–water partition coefficient (Wildman–Crippen LogP) is 2.88. The molecule has 0 aromatic carbocycles. The van der Waals surface area contributed by atoms with E-state index in [4.69, 9.17) is 22.9 Å². The van der Waals surface area contributed by atoms with E-state index in [0.717, 1.165) is 30.8 Å². The predicted molar refractivity (Wildman–Crippen MR) is 83.8 cm³/mol. The molecule has 19 heavy (non-hydrogen) atoms. The van der Waals surface area contributed by atoms with Crippen molar-refractivity contribution in [3.05, 3.63) is 45.3 Å². The lowest BCUT2D eigenvalue weighted by Crippen LogP contribution is -2.15. The first-order valence-corrected chi connectivity index (χ1v) is 7.61. The Labute approximate surface area is 121 Å². The summed E-state index contributed by atoms with van der Waals surface area (Å²) in [6.45, 7) is 0.763. The van der Waals surface area contributed by atoms with Gasteiger partial charge in [0.05, 0.1) is 12.1 Å². The summed E-state index contributed by atoms with van der Waals surface area (Å²) in [4.78, 5) is 6.39. The highest BCUT2D eigenvalue weighted by atomic mass is 32.1. The Bertz CT molecular complexity index is 605. The monoisotopic (exact) mass is 289 g/mol. The van der Waals surface area contributed by atoms with E-state index in [-0.39, 0.29) is 0 Å². The molecule has 0 spiro atoms. The van der Waals surface area contributed by atoms with Crippen molar-refractivity contribution < 1.29 is 0 Å². The number of nitrogens with two attached hydrogens (primary N) is 1. The fraction of sp³-hybridized carbons (Fsp3) is 0.286. The van der Waals surface area contributed by atoms with Crippen LogP contribution in [-0.2, 0) is 19.4 Å². The second kappa shape index (κ2) is 5.27. The van der Waals surface area contributed by atoms with Gasteiger partial charge in [-0.15, -0.1) is 11.3 Å². The summed E-state index contributed by atoms with van der Waals surface area (Å²) >= 11 is 6.86. The molecule has 1 aliphatic rings. The van der Waals surface area contributed by atoms with Crippen molar-refractivity contribution >= 4 is 34.4 Å². The first kappa shape index (κ1) is 12.6. The Morgan fingerprint density at radius 1 is 1.47 bits per heavy atom. The fourth-order valence-corrected chi connectivity index (χ4v) is 3.18. The van der Waals surface area contributed by atoms with Crippen LogP contribution < -0.4 is 11.1 Å². The summed E-state index contributed by atoms with van der Waals surface area (Å²) in [7, 11) is 0. The second-order valence-corrected chi connectivity index (χ2v) is 6.11. The number of hydrogen-bond donors (Lipinski definition) is 2. The zero-order valence-corrected chi connectivity index (χ0v) is 12.1. The third-order valence-electron chi connectivity index (χ3n) is 3.33. The molecule has 3 N–H and O–H groups in total. The molecule has 0 saturated carbocycles. The zero-order chi connectivity index (χ0) is 13.2. The Morgan fingerprint density at radius 3 is 3.11 bits per heavy atom. The highest BCUT2D eigenvalue weighted by Crippen LogP contribution is 2.26. The van der Waals surface area contributed by atoms with Gasteiger partial charge in [0.1, 0.15) is 10.8 Å². The van der Waals surface area contributed by atoms with E-state index in [9.17, 15) is 0 Å². The quantitative estimate of drug-likeness (QED) is 0.850. The van der Waals surface area contributed by atoms with Crippen LogP contribution in [-0.4, -0.2) is 9.97 Å². The number of anilines is 1. The molecule has 3 nitrogen and oxygen atoms in total. The van der Waals surface area contributed by atoms with Gasteiger partial charge in [-0.25, -0.2) is 4.98 Å². The minimum Gasteiger partial charge on any atom is -0.389 e. The van der Waals surface area contributed by atoms with Gasteiger partial charge in [-0.3, -0.25) is 0 Å². The average molecular weight is 289 g/mol. The van der Waals surface area contributed by atoms with Gasteiger partial charge in [-0.05, 0) is 42.3 Å². The smallest absolute Gasteiger partial charge is 0.136 e. The Kier molecular flexibility index (Phi) is 3.48. The van der Waals surface area contributed by atoms with Crippen molar-refractivity contribution in [2.24, 2.45) is 5.73 Å². The number of aryl methyl sites for hydroxylation is 2. The summed E-state index contributed by atoms with van der Waals surface area (Å²) < 4.78 is 0. The van der Waals surface area contributed by atoms with Crippen LogP contribution in [0.4, 0.5) is 5.82 Å². The molecule has 2 aromatic heterocycles. The zero-order valence-electron chi connectivity index (χ0n) is 10.5. The van der Waals surface area contributed by atoms with Crippen LogP contribution in [0.25, 0.3) is 0 Å². The second-order valence-electron chi connectivity index (χ2n) is 4.64. The minimum absolute atomic E-state index is 0.413. The van der Waals surface area contributed by atoms with Crippen LogP contribution in [0.15, 0.2) is 23.6 Å². The summed E-state index contributed by atoms with van der Waals surface area (Å²) in [5, 5.41) is 5.43. The van der Waals surface area contributed by atoms with Crippen molar-refractivity contribution in [1.29, 1.82) is 0 Å². The Hall–Kier alpha value is -1.46. The van der Waals surface area contributed by atoms with Crippen molar-refractivity contribution in [2.75, 3.05) is 5.32 Å².